The lowest BCUT2D eigenvalue weighted by Crippen LogP contribution is -2.65. The van der Waals surface area contributed by atoms with Gasteiger partial charge in [-0.3, -0.25) is 9.59 Å². The highest BCUT2D eigenvalue weighted by atomic mass is 16.4. The number of aliphatic hydroxyl groups is 1. The van der Waals surface area contributed by atoms with Crippen LogP contribution >= 0.6 is 0 Å². The molecule has 0 bridgehead atoms. The molecule has 0 radical (unpaired) electrons. The molecular formula is C30H46O4. The van der Waals surface area contributed by atoms with Gasteiger partial charge in [0.15, 0.2) is 0 Å². The van der Waals surface area contributed by atoms with E-state index in [-0.39, 0.29) is 38.9 Å². The zero-order chi connectivity index (χ0) is 25.1. The maximum atomic E-state index is 12.9. The van der Waals surface area contributed by atoms with Crippen molar-refractivity contribution in [2.75, 3.05) is 0 Å². The van der Waals surface area contributed by atoms with Gasteiger partial charge in [-0.05, 0) is 84.9 Å². The van der Waals surface area contributed by atoms with E-state index < -0.39 is 18.0 Å². The van der Waals surface area contributed by atoms with Gasteiger partial charge in [-0.25, -0.2) is 0 Å². The molecule has 0 aromatic heterocycles. The highest BCUT2D eigenvalue weighted by molar-refractivity contribution is 5.85. The van der Waals surface area contributed by atoms with Gasteiger partial charge in [-0.1, -0.05) is 60.1 Å². The van der Waals surface area contributed by atoms with Gasteiger partial charge in [0.1, 0.15) is 5.78 Å². The van der Waals surface area contributed by atoms with E-state index in [1.54, 1.807) is 0 Å². The largest absolute Gasteiger partial charge is 0.481 e. The molecule has 5 aliphatic rings. The third kappa shape index (κ3) is 2.75. The minimum absolute atomic E-state index is 0.00798. The lowest BCUT2D eigenvalue weighted by molar-refractivity contribution is -0.194. The average Bonchev–Trinajstić information content (AvgIpc) is 2.74. The summed E-state index contributed by atoms with van der Waals surface area (Å²) in [6, 6.07) is 0. The number of Topliss-reactive ketones (excluding diaryl/α,β-unsaturated/α-hetero) is 1. The van der Waals surface area contributed by atoms with Crippen molar-refractivity contribution in [1.29, 1.82) is 0 Å². The second kappa shape index (κ2) is 7.20. The summed E-state index contributed by atoms with van der Waals surface area (Å²) in [4.78, 5) is 25.1. The van der Waals surface area contributed by atoms with Crippen LogP contribution in [0.5, 0.6) is 0 Å². The van der Waals surface area contributed by atoms with Crippen molar-refractivity contribution in [3.05, 3.63) is 11.6 Å². The maximum Gasteiger partial charge on any atom is 0.306 e. The molecule has 10 atom stereocenters. The SMILES string of the molecule is C[C@@H]1[C@H]2C3=CC[C@@H]4[C@@]5(C)CCC(=O)C(C)(C)C5CC[C@@]4(C)[C@]3(C)CC[C@@]2(C)C(O)C[C@H]1C(=O)O. The van der Waals surface area contributed by atoms with Crippen molar-refractivity contribution >= 4 is 11.8 Å². The first-order valence-corrected chi connectivity index (χ1v) is 13.8. The molecule has 4 fully saturated rings. The molecule has 0 aromatic carbocycles. The molecule has 4 saturated carbocycles. The lowest BCUT2D eigenvalue weighted by atomic mass is 9.33. The molecule has 0 aromatic rings. The Morgan fingerprint density at radius 1 is 0.971 bits per heavy atom. The fourth-order valence-electron chi connectivity index (χ4n) is 10.8. The van der Waals surface area contributed by atoms with Crippen molar-refractivity contribution in [3.63, 3.8) is 0 Å². The molecule has 5 aliphatic carbocycles. The van der Waals surface area contributed by atoms with Gasteiger partial charge in [0.2, 0.25) is 0 Å². The van der Waals surface area contributed by atoms with Crippen LogP contribution in [0.3, 0.4) is 0 Å². The van der Waals surface area contributed by atoms with Crippen molar-refractivity contribution in [2.45, 2.75) is 106 Å². The standard InChI is InChI=1S/C30H46O4/c1-17-18(25(33)34)16-23(32)28(5)14-15-29(6)19(24(17)28)8-9-21-27(4)12-11-22(31)26(2,3)20(27)10-13-30(21,29)7/h8,17-18,20-21,23-24,32H,9-16H2,1-7H3,(H,33,34)/t17-,18+,20?,21+,23?,24-,27-,28-,29+,30+/m0/s1. The number of allylic oxidation sites excluding steroid dienone is 2. The summed E-state index contributed by atoms with van der Waals surface area (Å²) in [5.74, 6) is 0.291. The Morgan fingerprint density at radius 3 is 2.29 bits per heavy atom. The van der Waals surface area contributed by atoms with Crippen LogP contribution in [-0.4, -0.2) is 28.1 Å². The molecule has 2 N–H and O–H groups in total. The molecule has 0 heterocycles. The fourth-order valence-corrected chi connectivity index (χ4v) is 10.8. The van der Waals surface area contributed by atoms with Gasteiger partial charge < -0.3 is 10.2 Å². The molecule has 0 aliphatic heterocycles. The molecule has 0 saturated heterocycles. The minimum Gasteiger partial charge on any atom is -0.481 e. The van der Waals surface area contributed by atoms with Gasteiger partial charge in [-0.15, -0.1) is 0 Å². The van der Waals surface area contributed by atoms with E-state index in [0.29, 0.717) is 30.5 Å². The number of carbonyl (C=O) groups excluding carboxylic acids is 1. The predicted molar refractivity (Wildman–Crippen MR) is 133 cm³/mol. The zero-order valence-corrected chi connectivity index (χ0v) is 22.4. The second-order valence-electron chi connectivity index (χ2n) is 14.5. The number of aliphatic carboxylic acids is 1. The summed E-state index contributed by atoms with van der Waals surface area (Å²) in [6.07, 6.45) is 9.26. The summed E-state index contributed by atoms with van der Waals surface area (Å²) in [5.41, 5.74) is 1.24. The first-order valence-electron chi connectivity index (χ1n) is 13.8. The Hall–Kier alpha value is -1.16. The van der Waals surface area contributed by atoms with Crippen LogP contribution in [0.15, 0.2) is 11.6 Å². The van der Waals surface area contributed by atoms with E-state index in [0.717, 1.165) is 38.5 Å². The Labute approximate surface area is 206 Å². The van der Waals surface area contributed by atoms with E-state index in [9.17, 15) is 19.8 Å². The summed E-state index contributed by atoms with van der Waals surface area (Å²) >= 11 is 0. The number of carboxylic acid groups (broad SMARTS) is 1. The van der Waals surface area contributed by atoms with Crippen LogP contribution in [0.1, 0.15) is 99.8 Å². The van der Waals surface area contributed by atoms with Crippen molar-refractivity contribution in [1.82, 2.24) is 0 Å². The van der Waals surface area contributed by atoms with Crippen LogP contribution in [0, 0.1) is 56.7 Å². The molecule has 190 valence electrons. The van der Waals surface area contributed by atoms with E-state index in [4.69, 9.17) is 0 Å². The van der Waals surface area contributed by atoms with E-state index >= 15 is 0 Å². The summed E-state index contributed by atoms with van der Waals surface area (Å²) in [7, 11) is 0. The summed E-state index contributed by atoms with van der Waals surface area (Å²) in [6.45, 7) is 16.2. The normalized spacial score (nSPS) is 54.1. The highest BCUT2D eigenvalue weighted by Crippen LogP contribution is 2.75. The number of aliphatic hydroxyl groups excluding tert-OH is 1. The monoisotopic (exact) mass is 470 g/mol. The zero-order valence-electron chi connectivity index (χ0n) is 22.4. The first-order chi connectivity index (χ1) is 15.6. The molecule has 4 nitrogen and oxygen atoms in total. The molecule has 34 heavy (non-hydrogen) atoms. The van der Waals surface area contributed by atoms with Crippen LogP contribution < -0.4 is 0 Å². The van der Waals surface area contributed by atoms with E-state index in [1.807, 2.05) is 0 Å². The topological polar surface area (TPSA) is 74.6 Å². The summed E-state index contributed by atoms with van der Waals surface area (Å²) in [5, 5.41) is 21.2. The maximum absolute atomic E-state index is 12.9. The average molecular weight is 471 g/mol. The van der Waals surface area contributed by atoms with E-state index in [1.165, 1.54) is 5.57 Å². The quantitative estimate of drug-likeness (QED) is 0.443. The third-order valence-electron chi connectivity index (χ3n) is 13.2. The number of carbonyl (C=O) groups is 2. The van der Waals surface area contributed by atoms with Gasteiger partial charge in [0, 0.05) is 17.3 Å². The van der Waals surface area contributed by atoms with Gasteiger partial charge in [0.25, 0.3) is 0 Å². The summed E-state index contributed by atoms with van der Waals surface area (Å²) < 4.78 is 0. The smallest absolute Gasteiger partial charge is 0.306 e. The minimum atomic E-state index is -0.761. The fraction of sp³-hybridized carbons (Fsp3) is 0.867. The number of rotatable bonds is 1. The molecule has 4 heteroatoms. The molecule has 5 rings (SSSR count). The molecule has 2 unspecified atom stereocenters. The first kappa shape index (κ1) is 24.5. The number of ketones is 1. The van der Waals surface area contributed by atoms with Gasteiger partial charge >= 0.3 is 5.97 Å². The lowest BCUT2D eigenvalue weighted by Gasteiger charge is -2.71. The van der Waals surface area contributed by atoms with Crippen LogP contribution in [0.4, 0.5) is 0 Å². The highest BCUT2D eigenvalue weighted by Gasteiger charge is 2.69. The number of hydrogen-bond donors (Lipinski definition) is 2. The van der Waals surface area contributed by atoms with Crippen molar-refractivity contribution in [3.8, 4) is 0 Å². The van der Waals surface area contributed by atoms with Crippen molar-refractivity contribution in [2.24, 2.45) is 56.7 Å². The molecule has 0 spiro atoms. The van der Waals surface area contributed by atoms with Gasteiger partial charge in [0.05, 0.1) is 12.0 Å². The Morgan fingerprint density at radius 2 is 1.65 bits per heavy atom. The van der Waals surface area contributed by atoms with Crippen LogP contribution in [-0.2, 0) is 9.59 Å². The second-order valence-corrected chi connectivity index (χ2v) is 14.5. The number of carboxylic acids is 1. The number of fused-ring (bicyclic) bond motifs is 7. The Bertz CT molecular complexity index is 949. The van der Waals surface area contributed by atoms with Crippen molar-refractivity contribution < 1.29 is 19.8 Å². The number of hydrogen-bond acceptors (Lipinski definition) is 3. The van der Waals surface area contributed by atoms with Gasteiger partial charge in [-0.2, -0.15) is 0 Å². The molecule has 0 amide bonds. The van der Waals surface area contributed by atoms with Crippen LogP contribution in [0.25, 0.3) is 0 Å². The Kier molecular flexibility index (Phi) is 5.20. The van der Waals surface area contributed by atoms with E-state index in [2.05, 4.69) is 54.5 Å². The van der Waals surface area contributed by atoms with Crippen LogP contribution in [0.2, 0.25) is 0 Å². The third-order valence-corrected chi connectivity index (χ3v) is 13.2. The predicted octanol–water partition coefficient (Wildman–Crippen LogP) is 6.27. The molecular weight excluding hydrogens is 424 g/mol. The Balaban J connectivity index is 1.60.